The molecule has 15 heavy (non-hydrogen) atoms. The van der Waals surface area contributed by atoms with E-state index in [-0.39, 0.29) is 16.6 Å². The van der Waals surface area contributed by atoms with Gasteiger partial charge in [-0.15, -0.1) is 11.6 Å². The standard InChI is InChI=1S/C8H5Cl2F2NO2/c9-1-3-5(7(11)12)4(8(14)15)2-13-6(3)10/h2,7H,1H2,(H,14,15). The van der Waals surface area contributed by atoms with Crippen molar-refractivity contribution in [1.82, 2.24) is 4.98 Å². The van der Waals surface area contributed by atoms with Gasteiger partial charge in [0, 0.05) is 17.3 Å². The van der Waals surface area contributed by atoms with Gasteiger partial charge in [-0.2, -0.15) is 0 Å². The van der Waals surface area contributed by atoms with Crippen LogP contribution in [0.1, 0.15) is 27.9 Å². The van der Waals surface area contributed by atoms with Crippen molar-refractivity contribution in [2.24, 2.45) is 0 Å². The lowest BCUT2D eigenvalue weighted by Gasteiger charge is -2.10. The molecule has 0 bridgehead atoms. The van der Waals surface area contributed by atoms with Crippen LogP contribution < -0.4 is 0 Å². The number of aromatic carboxylic acids is 1. The number of hydrogen-bond acceptors (Lipinski definition) is 2. The third-order valence-corrected chi connectivity index (χ3v) is 2.35. The Labute approximate surface area is 93.6 Å². The summed E-state index contributed by atoms with van der Waals surface area (Å²) in [6.07, 6.45) is -2.16. The van der Waals surface area contributed by atoms with Gasteiger partial charge >= 0.3 is 5.97 Å². The quantitative estimate of drug-likeness (QED) is 0.667. The van der Waals surface area contributed by atoms with Gasteiger partial charge in [0.25, 0.3) is 6.43 Å². The zero-order valence-electron chi connectivity index (χ0n) is 7.18. The highest BCUT2D eigenvalue weighted by Crippen LogP contribution is 2.31. The smallest absolute Gasteiger partial charge is 0.337 e. The molecule has 3 nitrogen and oxygen atoms in total. The minimum Gasteiger partial charge on any atom is -0.478 e. The molecule has 0 amide bonds. The fourth-order valence-electron chi connectivity index (χ4n) is 1.09. The lowest BCUT2D eigenvalue weighted by atomic mass is 10.1. The predicted octanol–water partition coefficient (Wildman–Crippen LogP) is 3.11. The fraction of sp³-hybridized carbons (Fsp3) is 0.250. The van der Waals surface area contributed by atoms with Gasteiger partial charge in [0.1, 0.15) is 5.15 Å². The second-order valence-corrected chi connectivity index (χ2v) is 3.22. The van der Waals surface area contributed by atoms with Gasteiger partial charge in [0.05, 0.1) is 11.4 Å². The average Bonchev–Trinajstić information content (AvgIpc) is 2.16. The summed E-state index contributed by atoms with van der Waals surface area (Å²) in [6, 6.07) is 0. The SMILES string of the molecule is O=C(O)c1cnc(Cl)c(CCl)c1C(F)F. The number of hydrogen-bond donors (Lipinski definition) is 1. The maximum absolute atomic E-state index is 12.6. The Morgan fingerprint density at radius 3 is 2.60 bits per heavy atom. The van der Waals surface area contributed by atoms with Crippen molar-refractivity contribution in [1.29, 1.82) is 0 Å². The number of carbonyl (C=O) groups is 1. The molecular weight excluding hydrogens is 251 g/mol. The Morgan fingerprint density at radius 1 is 1.60 bits per heavy atom. The zero-order valence-corrected chi connectivity index (χ0v) is 8.69. The minimum atomic E-state index is -2.95. The van der Waals surface area contributed by atoms with Gasteiger partial charge in [-0.3, -0.25) is 0 Å². The largest absolute Gasteiger partial charge is 0.478 e. The van der Waals surface area contributed by atoms with E-state index >= 15 is 0 Å². The number of rotatable bonds is 3. The van der Waals surface area contributed by atoms with Gasteiger partial charge in [-0.25, -0.2) is 18.6 Å². The molecule has 1 heterocycles. The van der Waals surface area contributed by atoms with Crippen LogP contribution in [-0.2, 0) is 5.88 Å². The first-order chi connectivity index (χ1) is 6.99. The lowest BCUT2D eigenvalue weighted by Crippen LogP contribution is -2.08. The molecule has 82 valence electrons. The molecule has 7 heteroatoms. The van der Waals surface area contributed by atoms with Crippen molar-refractivity contribution < 1.29 is 18.7 Å². The molecule has 0 spiro atoms. The molecule has 0 saturated carbocycles. The number of carboxylic acids is 1. The van der Waals surface area contributed by atoms with Crippen LogP contribution >= 0.6 is 23.2 Å². The van der Waals surface area contributed by atoms with Crippen molar-refractivity contribution >= 4 is 29.2 Å². The van der Waals surface area contributed by atoms with Crippen LogP contribution in [0, 0.1) is 0 Å². The van der Waals surface area contributed by atoms with E-state index in [0.29, 0.717) is 0 Å². The maximum Gasteiger partial charge on any atom is 0.337 e. The van der Waals surface area contributed by atoms with E-state index in [9.17, 15) is 13.6 Å². The first-order valence-electron chi connectivity index (χ1n) is 3.73. The highest BCUT2D eigenvalue weighted by molar-refractivity contribution is 6.31. The molecule has 1 rings (SSSR count). The monoisotopic (exact) mass is 255 g/mol. The molecule has 0 saturated heterocycles. The van der Waals surface area contributed by atoms with Crippen LogP contribution in [-0.4, -0.2) is 16.1 Å². The predicted molar refractivity (Wildman–Crippen MR) is 50.7 cm³/mol. The number of aromatic nitrogens is 1. The van der Waals surface area contributed by atoms with Crippen LogP contribution in [0.3, 0.4) is 0 Å². The Bertz CT molecular complexity index is 398. The van der Waals surface area contributed by atoms with Crippen LogP contribution in [0.15, 0.2) is 6.20 Å². The van der Waals surface area contributed by atoms with E-state index in [1.807, 2.05) is 0 Å². The number of alkyl halides is 3. The van der Waals surface area contributed by atoms with Crippen LogP contribution in [0.25, 0.3) is 0 Å². The van der Waals surface area contributed by atoms with Gasteiger partial charge in [-0.05, 0) is 0 Å². The summed E-state index contributed by atoms with van der Waals surface area (Å²) in [5.74, 6) is -1.80. The van der Waals surface area contributed by atoms with Gasteiger partial charge in [0.15, 0.2) is 0 Å². The fourth-order valence-corrected chi connectivity index (χ4v) is 1.65. The topological polar surface area (TPSA) is 50.2 Å². The van der Waals surface area contributed by atoms with Crippen molar-refractivity contribution in [3.63, 3.8) is 0 Å². The summed E-state index contributed by atoms with van der Waals surface area (Å²) in [5, 5.41) is 8.46. The first kappa shape index (κ1) is 12.1. The molecule has 0 aliphatic carbocycles. The Kier molecular flexibility index (Phi) is 3.82. The summed E-state index contributed by atoms with van der Waals surface area (Å²) in [7, 11) is 0. The average molecular weight is 256 g/mol. The molecular formula is C8H5Cl2F2NO2. The number of pyridine rings is 1. The zero-order chi connectivity index (χ0) is 11.6. The highest BCUT2D eigenvalue weighted by atomic mass is 35.5. The molecule has 0 unspecified atom stereocenters. The normalized spacial score (nSPS) is 10.7. The van der Waals surface area contributed by atoms with Crippen molar-refractivity contribution in [2.75, 3.05) is 0 Å². The lowest BCUT2D eigenvalue weighted by molar-refractivity contribution is 0.0683. The van der Waals surface area contributed by atoms with E-state index in [1.54, 1.807) is 0 Å². The van der Waals surface area contributed by atoms with Gasteiger partial charge in [-0.1, -0.05) is 11.6 Å². The Balaban J connectivity index is 3.49. The summed E-state index contributed by atoms with van der Waals surface area (Å²) in [6.45, 7) is 0. The summed E-state index contributed by atoms with van der Waals surface area (Å²) in [5.41, 5.74) is -1.39. The molecule has 1 aromatic heterocycles. The van der Waals surface area contributed by atoms with Gasteiger partial charge < -0.3 is 5.11 Å². The van der Waals surface area contributed by atoms with E-state index in [1.165, 1.54) is 0 Å². The third kappa shape index (κ3) is 2.35. The van der Waals surface area contributed by atoms with Gasteiger partial charge in [0.2, 0.25) is 0 Å². The van der Waals surface area contributed by atoms with Crippen molar-refractivity contribution in [3.8, 4) is 0 Å². The third-order valence-electron chi connectivity index (χ3n) is 1.75. The molecule has 0 fully saturated rings. The second kappa shape index (κ2) is 4.72. The molecule has 0 aliphatic heterocycles. The second-order valence-electron chi connectivity index (χ2n) is 2.59. The number of nitrogens with zero attached hydrogens (tertiary/aromatic N) is 1. The van der Waals surface area contributed by atoms with E-state index in [4.69, 9.17) is 28.3 Å². The number of halogens is 4. The Hall–Kier alpha value is -0.940. The first-order valence-corrected chi connectivity index (χ1v) is 4.65. The molecule has 0 aliphatic rings. The number of carboxylic acid groups (broad SMARTS) is 1. The minimum absolute atomic E-state index is 0.145. The van der Waals surface area contributed by atoms with Crippen LogP contribution in [0.5, 0.6) is 0 Å². The summed E-state index contributed by atoms with van der Waals surface area (Å²) in [4.78, 5) is 14.1. The molecule has 0 radical (unpaired) electrons. The maximum atomic E-state index is 12.6. The van der Waals surface area contributed by atoms with E-state index in [2.05, 4.69) is 4.98 Å². The Morgan fingerprint density at radius 2 is 2.20 bits per heavy atom. The summed E-state index contributed by atoms with van der Waals surface area (Å²) < 4.78 is 25.2. The van der Waals surface area contributed by atoms with Crippen molar-refractivity contribution in [2.45, 2.75) is 12.3 Å². The molecule has 0 aromatic carbocycles. The molecule has 1 N–H and O–H groups in total. The van der Waals surface area contributed by atoms with Crippen LogP contribution in [0.4, 0.5) is 8.78 Å². The molecule has 1 aromatic rings. The van der Waals surface area contributed by atoms with E-state index in [0.717, 1.165) is 6.20 Å². The summed E-state index contributed by atoms with van der Waals surface area (Å²) >= 11 is 10.9. The van der Waals surface area contributed by atoms with Crippen LogP contribution in [0.2, 0.25) is 5.15 Å². The molecule has 0 atom stereocenters. The van der Waals surface area contributed by atoms with E-state index < -0.39 is 23.5 Å². The highest BCUT2D eigenvalue weighted by Gasteiger charge is 2.24. The van der Waals surface area contributed by atoms with Crippen molar-refractivity contribution in [3.05, 3.63) is 28.0 Å².